The van der Waals surface area contributed by atoms with Gasteiger partial charge in [0, 0.05) is 11.6 Å². The zero-order valence-corrected chi connectivity index (χ0v) is 12.0. The zero-order valence-electron chi connectivity index (χ0n) is 11.3. The Hall–Kier alpha value is -2.40. The van der Waals surface area contributed by atoms with E-state index in [0.717, 1.165) is 10.9 Å². The SMILES string of the molecule is Cc1cnc(Cl)c(NC(=O)Cc2noc3ccccc23)c1. The summed E-state index contributed by atoms with van der Waals surface area (Å²) in [5, 5.41) is 7.77. The Morgan fingerprint density at radius 1 is 1.38 bits per heavy atom. The molecule has 0 fully saturated rings. The molecule has 0 spiro atoms. The summed E-state index contributed by atoms with van der Waals surface area (Å²) in [5.41, 5.74) is 2.67. The van der Waals surface area contributed by atoms with Gasteiger partial charge >= 0.3 is 0 Å². The summed E-state index contributed by atoms with van der Waals surface area (Å²) in [4.78, 5) is 16.1. The third kappa shape index (κ3) is 2.87. The average molecular weight is 302 g/mol. The largest absolute Gasteiger partial charge is 0.356 e. The third-order valence-corrected chi connectivity index (χ3v) is 3.33. The number of fused-ring (bicyclic) bond motifs is 1. The number of halogens is 1. The number of aryl methyl sites for hydroxylation is 1. The van der Waals surface area contributed by atoms with E-state index in [0.29, 0.717) is 17.0 Å². The van der Waals surface area contributed by atoms with Gasteiger partial charge in [-0.2, -0.15) is 0 Å². The van der Waals surface area contributed by atoms with Crippen molar-refractivity contribution in [3.63, 3.8) is 0 Å². The molecule has 0 radical (unpaired) electrons. The monoisotopic (exact) mass is 301 g/mol. The van der Waals surface area contributed by atoms with Crippen molar-refractivity contribution in [2.75, 3.05) is 5.32 Å². The number of anilines is 1. The molecule has 3 rings (SSSR count). The molecule has 0 saturated heterocycles. The van der Waals surface area contributed by atoms with Gasteiger partial charge in [-0.1, -0.05) is 28.9 Å². The number of aromatic nitrogens is 2. The van der Waals surface area contributed by atoms with Crippen LogP contribution in [0.15, 0.2) is 41.1 Å². The summed E-state index contributed by atoms with van der Waals surface area (Å²) in [6.45, 7) is 1.88. The minimum atomic E-state index is -0.219. The number of carbonyl (C=O) groups excluding carboxylic acids is 1. The van der Waals surface area contributed by atoms with Crippen LogP contribution in [0.1, 0.15) is 11.3 Å². The highest BCUT2D eigenvalue weighted by atomic mass is 35.5. The van der Waals surface area contributed by atoms with E-state index in [2.05, 4.69) is 15.5 Å². The molecule has 5 nitrogen and oxygen atoms in total. The van der Waals surface area contributed by atoms with Crippen LogP contribution in [0.4, 0.5) is 5.69 Å². The number of nitrogens with one attached hydrogen (secondary N) is 1. The highest BCUT2D eigenvalue weighted by Gasteiger charge is 2.13. The smallest absolute Gasteiger partial charge is 0.230 e. The third-order valence-electron chi connectivity index (χ3n) is 3.03. The molecule has 0 bridgehead atoms. The van der Waals surface area contributed by atoms with Crippen LogP contribution in [0.2, 0.25) is 5.15 Å². The Morgan fingerprint density at radius 2 is 2.19 bits per heavy atom. The quantitative estimate of drug-likeness (QED) is 0.753. The first-order valence-electron chi connectivity index (χ1n) is 6.39. The molecule has 1 N–H and O–H groups in total. The first kappa shape index (κ1) is 13.6. The predicted octanol–water partition coefficient (Wildman–Crippen LogP) is 3.37. The standard InChI is InChI=1S/C15H12ClN3O2/c1-9-6-12(15(16)17-8-9)18-14(20)7-11-10-4-2-3-5-13(10)21-19-11/h2-6,8H,7H2,1H3,(H,18,20). The minimum Gasteiger partial charge on any atom is -0.356 e. The number of hydrogen-bond acceptors (Lipinski definition) is 4. The van der Waals surface area contributed by atoms with Crippen molar-refractivity contribution in [3.05, 3.63) is 52.9 Å². The molecule has 0 aliphatic heterocycles. The Balaban J connectivity index is 1.79. The van der Waals surface area contributed by atoms with Crippen LogP contribution in [0, 0.1) is 6.92 Å². The van der Waals surface area contributed by atoms with Gasteiger partial charge in [-0.15, -0.1) is 0 Å². The molecule has 0 aliphatic rings. The van der Waals surface area contributed by atoms with Crippen LogP contribution in [0.3, 0.4) is 0 Å². The highest BCUT2D eigenvalue weighted by molar-refractivity contribution is 6.32. The fourth-order valence-electron chi connectivity index (χ4n) is 2.05. The number of hydrogen-bond donors (Lipinski definition) is 1. The summed E-state index contributed by atoms with van der Waals surface area (Å²) in [6, 6.07) is 9.19. The van der Waals surface area contributed by atoms with Gasteiger partial charge in [0.1, 0.15) is 5.69 Å². The summed E-state index contributed by atoms with van der Waals surface area (Å²) >= 11 is 5.96. The second kappa shape index (κ2) is 5.54. The first-order chi connectivity index (χ1) is 10.1. The van der Waals surface area contributed by atoms with Crippen molar-refractivity contribution in [1.82, 2.24) is 10.1 Å². The van der Waals surface area contributed by atoms with Gasteiger partial charge in [-0.3, -0.25) is 4.79 Å². The van der Waals surface area contributed by atoms with Crippen molar-refractivity contribution >= 4 is 34.2 Å². The molecule has 6 heteroatoms. The number of rotatable bonds is 3. The van der Waals surface area contributed by atoms with Crippen LogP contribution in [0.25, 0.3) is 11.0 Å². The summed E-state index contributed by atoms with van der Waals surface area (Å²) in [6.07, 6.45) is 1.75. The summed E-state index contributed by atoms with van der Waals surface area (Å²) in [5.74, 6) is -0.219. The molecule has 1 amide bonds. The van der Waals surface area contributed by atoms with Gasteiger partial charge in [-0.25, -0.2) is 4.98 Å². The molecule has 0 aliphatic carbocycles. The topological polar surface area (TPSA) is 68.0 Å². The van der Waals surface area contributed by atoms with Gasteiger partial charge in [0.25, 0.3) is 0 Å². The van der Waals surface area contributed by atoms with Crippen molar-refractivity contribution in [3.8, 4) is 0 Å². The van der Waals surface area contributed by atoms with E-state index in [1.807, 2.05) is 31.2 Å². The maximum Gasteiger partial charge on any atom is 0.230 e. The molecule has 0 atom stereocenters. The minimum absolute atomic E-state index is 0.112. The number of nitrogens with zero attached hydrogens (tertiary/aromatic N) is 2. The van der Waals surface area contributed by atoms with E-state index in [4.69, 9.17) is 16.1 Å². The Morgan fingerprint density at radius 3 is 3.05 bits per heavy atom. The zero-order chi connectivity index (χ0) is 14.8. The van der Waals surface area contributed by atoms with Crippen molar-refractivity contribution in [1.29, 1.82) is 0 Å². The second-order valence-corrected chi connectivity index (χ2v) is 5.06. The molecule has 21 heavy (non-hydrogen) atoms. The number of pyridine rings is 1. The van der Waals surface area contributed by atoms with Crippen LogP contribution in [0.5, 0.6) is 0 Å². The fourth-order valence-corrected chi connectivity index (χ4v) is 2.20. The Labute approximate surface area is 125 Å². The van der Waals surface area contributed by atoms with Crippen molar-refractivity contribution in [2.24, 2.45) is 0 Å². The number of para-hydroxylation sites is 1. The van der Waals surface area contributed by atoms with E-state index in [1.54, 1.807) is 12.3 Å². The second-order valence-electron chi connectivity index (χ2n) is 4.70. The lowest BCUT2D eigenvalue weighted by atomic mass is 10.1. The number of benzene rings is 1. The summed E-state index contributed by atoms with van der Waals surface area (Å²) < 4.78 is 5.17. The molecule has 2 heterocycles. The lowest BCUT2D eigenvalue weighted by molar-refractivity contribution is -0.115. The van der Waals surface area contributed by atoms with Crippen LogP contribution in [-0.2, 0) is 11.2 Å². The maximum absolute atomic E-state index is 12.1. The first-order valence-corrected chi connectivity index (χ1v) is 6.76. The predicted molar refractivity (Wildman–Crippen MR) is 80.3 cm³/mol. The van der Waals surface area contributed by atoms with Crippen LogP contribution >= 0.6 is 11.6 Å². The fraction of sp³-hybridized carbons (Fsp3) is 0.133. The van der Waals surface area contributed by atoms with Crippen LogP contribution < -0.4 is 5.32 Å². The molecule has 3 aromatic rings. The molecular formula is C15H12ClN3O2. The normalized spacial score (nSPS) is 10.8. The molecule has 2 aromatic heterocycles. The van der Waals surface area contributed by atoms with E-state index in [9.17, 15) is 4.79 Å². The summed E-state index contributed by atoms with van der Waals surface area (Å²) in [7, 11) is 0. The molecular weight excluding hydrogens is 290 g/mol. The molecule has 0 unspecified atom stereocenters. The lowest BCUT2D eigenvalue weighted by Gasteiger charge is -2.06. The van der Waals surface area contributed by atoms with Crippen molar-refractivity contribution < 1.29 is 9.32 Å². The van der Waals surface area contributed by atoms with Gasteiger partial charge < -0.3 is 9.84 Å². The van der Waals surface area contributed by atoms with Gasteiger partial charge in [-0.05, 0) is 30.7 Å². The van der Waals surface area contributed by atoms with E-state index in [1.165, 1.54) is 0 Å². The number of carbonyl (C=O) groups is 1. The maximum atomic E-state index is 12.1. The molecule has 1 aromatic carbocycles. The molecule has 106 valence electrons. The van der Waals surface area contributed by atoms with Gasteiger partial charge in [0.15, 0.2) is 10.7 Å². The van der Waals surface area contributed by atoms with Gasteiger partial charge in [0.05, 0.1) is 12.1 Å². The van der Waals surface area contributed by atoms with E-state index in [-0.39, 0.29) is 17.5 Å². The lowest BCUT2D eigenvalue weighted by Crippen LogP contribution is -2.15. The average Bonchev–Trinajstić information content (AvgIpc) is 2.86. The molecule has 0 saturated carbocycles. The highest BCUT2D eigenvalue weighted by Crippen LogP contribution is 2.21. The van der Waals surface area contributed by atoms with E-state index >= 15 is 0 Å². The van der Waals surface area contributed by atoms with Crippen molar-refractivity contribution in [2.45, 2.75) is 13.3 Å². The van der Waals surface area contributed by atoms with Crippen LogP contribution in [-0.4, -0.2) is 16.0 Å². The number of amides is 1. The van der Waals surface area contributed by atoms with E-state index < -0.39 is 0 Å². The van der Waals surface area contributed by atoms with Gasteiger partial charge in [0.2, 0.25) is 5.91 Å². The Kier molecular flexibility index (Phi) is 3.58. The Bertz CT molecular complexity index is 814.